The van der Waals surface area contributed by atoms with Crippen molar-refractivity contribution in [2.24, 2.45) is 0 Å². The summed E-state index contributed by atoms with van der Waals surface area (Å²) >= 11 is 0. The molecule has 0 amide bonds. The highest BCUT2D eigenvalue weighted by Gasteiger charge is 2.30. The number of halogens is 3. The van der Waals surface area contributed by atoms with Crippen molar-refractivity contribution in [1.29, 1.82) is 0 Å². The lowest BCUT2D eigenvalue weighted by molar-refractivity contribution is -0.137. The summed E-state index contributed by atoms with van der Waals surface area (Å²) in [6, 6.07) is 7.05. The Morgan fingerprint density at radius 2 is 1.93 bits per heavy atom. The Hall–Kier alpha value is -2.59. The summed E-state index contributed by atoms with van der Waals surface area (Å²) < 4.78 is 72.3. The van der Waals surface area contributed by atoms with Gasteiger partial charge < -0.3 is 9.14 Å². The molecular weight excluding hydrogens is 395 g/mol. The Balaban J connectivity index is 1.73. The van der Waals surface area contributed by atoms with Crippen LogP contribution in [0.5, 0.6) is 5.75 Å². The van der Waals surface area contributed by atoms with Crippen LogP contribution in [0, 0.1) is 6.92 Å². The number of sulfonamides is 1. The molecule has 0 atom stereocenters. The molecule has 0 saturated heterocycles. The van der Waals surface area contributed by atoms with Gasteiger partial charge in [0.25, 0.3) is 0 Å². The molecule has 3 rings (SSSR count). The molecule has 0 radical (unpaired) electrons. The third-order valence-electron chi connectivity index (χ3n) is 4.11. The topological polar surface area (TPSA) is 72.7 Å². The second kappa shape index (κ2) is 7.44. The molecule has 0 fully saturated rings. The number of aromatic nitrogens is 2. The number of rotatable bonds is 6. The molecule has 28 heavy (non-hydrogen) atoms. The molecule has 2 heterocycles. The molecule has 3 aromatic rings. The van der Waals surface area contributed by atoms with Crippen LogP contribution in [0.1, 0.15) is 16.8 Å². The van der Waals surface area contributed by atoms with Crippen molar-refractivity contribution in [2.45, 2.75) is 24.4 Å². The number of nitrogens with zero attached hydrogens (tertiary/aromatic N) is 2. The van der Waals surface area contributed by atoms with E-state index in [2.05, 4.69) is 9.71 Å². The zero-order valence-corrected chi connectivity index (χ0v) is 15.9. The van der Waals surface area contributed by atoms with Gasteiger partial charge in [-0.3, -0.25) is 0 Å². The fourth-order valence-electron chi connectivity index (χ4n) is 2.72. The quantitative estimate of drug-likeness (QED) is 0.674. The summed E-state index contributed by atoms with van der Waals surface area (Å²) in [5, 5.41) is 0. The van der Waals surface area contributed by atoms with Crippen molar-refractivity contribution < 1.29 is 26.3 Å². The minimum atomic E-state index is -4.44. The Morgan fingerprint density at radius 3 is 2.61 bits per heavy atom. The van der Waals surface area contributed by atoms with Crippen LogP contribution in [-0.2, 0) is 22.6 Å². The maximum absolute atomic E-state index is 12.8. The fourth-order valence-corrected chi connectivity index (χ4v) is 4.00. The second-order valence-corrected chi connectivity index (χ2v) is 7.95. The highest BCUT2D eigenvalue weighted by Crippen LogP contribution is 2.29. The monoisotopic (exact) mass is 413 g/mol. The lowest BCUT2D eigenvalue weighted by Crippen LogP contribution is -2.26. The van der Waals surface area contributed by atoms with Gasteiger partial charge in [0.1, 0.15) is 16.3 Å². The molecule has 0 aliphatic carbocycles. The lowest BCUT2D eigenvalue weighted by Gasteiger charge is -2.11. The van der Waals surface area contributed by atoms with Gasteiger partial charge in [-0.1, -0.05) is 6.07 Å². The largest absolute Gasteiger partial charge is 0.495 e. The van der Waals surface area contributed by atoms with E-state index < -0.39 is 21.8 Å². The molecule has 2 aromatic heterocycles. The normalized spacial score (nSPS) is 12.5. The molecule has 10 heteroatoms. The van der Waals surface area contributed by atoms with E-state index in [9.17, 15) is 21.6 Å². The summed E-state index contributed by atoms with van der Waals surface area (Å²) in [6.45, 7) is 1.81. The van der Waals surface area contributed by atoms with Gasteiger partial charge in [-0.2, -0.15) is 13.2 Å². The van der Waals surface area contributed by atoms with E-state index in [0.717, 1.165) is 17.8 Å². The number of alkyl halides is 3. The maximum Gasteiger partial charge on any atom is 0.417 e. The highest BCUT2D eigenvalue weighted by molar-refractivity contribution is 7.89. The molecule has 150 valence electrons. The molecule has 1 N–H and O–H groups in total. The smallest absolute Gasteiger partial charge is 0.417 e. The summed E-state index contributed by atoms with van der Waals surface area (Å²) in [6.07, 6.45) is -1.82. The number of benzene rings is 1. The van der Waals surface area contributed by atoms with Crippen LogP contribution in [-0.4, -0.2) is 31.5 Å². The highest BCUT2D eigenvalue weighted by atomic mass is 32.2. The Morgan fingerprint density at radius 1 is 1.18 bits per heavy atom. The van der Waals surface area contributed by atoms with Crippen LogP contribution in [0.15, 0.2) is 47.6 Å². The minimum absolute atomic E-state index is 0.0276. The van der Waals surface area contributed by atoms with Crippen LogP contribution in [0.4, 0.5) is 13.2 Å². The number of hydrogen-bond acceptors (Lipinski definition) is 4. The van der Waals surface area contributed by atoms with Crippen LogP contribution < -0.4 is 9.46 Å². The average molecular weight is 413 g/mol. The molecule has 0 unspecified atom stereocenters. The number of pyridine rings is 1. The van der Waals surface area contributed by atoms with E-state index >= 15 is 0 Å². The first-order chi connectivity index (χ1) is 13.1. The van der Waals surface area contributed by atoms with Crippen molar-refractivity contribution in [2.75, 3.05) is 13.7 Å². The number of imidazole rings is 1. The van der Waals surface area contributed by atoms with Crippen molar-refractivity contribution >= 4 is 15.7 Å². The first-order valence-electron chi connectivity index (χ1n) is 8.29. The number of aryl methyl sites for hydroxylation is 1. The number of nitrogens with one attached hydrogen (secondary N) is 1. The van der Waals surface area contributed by atoms with E-state index in [1.165, 1.54) is 29.8 Å². The minimum Gasteiger partial charge on any atom is -0.495 e. The van der Waals surface area contributed by atoms with Gasteiger partial charge in [-0.15, -0.1) is 0 Å². The molecule has 0 aliphatic heterocycles. The van der Waals surface area contributed by atoms with Gasteiger partial charge in [0, 0.05) is 25.4 Å². The molecule has 0 spiro atoms. The SMILES string of the molecule is COc1ccc(C)cc1S(=O)(=O)NCCc1cn2cc(C(F)(F)F)ccc2n1. The first-order valence-corrected chi connectivity index (χ1v) is 9.77. The second-order valence-electron chi connectivity index (χ2n) is 6.22. The Kier molecular flexibility index (Phi) is 5.35. The van der Waals surface area contributed by atoms with Crippen LogP contribution in [0.3, 0.4) is 0 Å². The van der Waals surface area contributed by atoms with Gasteiger partial charge in [0.15, 0.2) is 0 Å². The number of methoxy groups -OCH3 is 1. The van der Waals surface area contributed by atoms with Crippen LogP contribution >= 0.6 is 0 Å². The predicted molar refractivity (Wildman–Crippen MR) is 96.8 cm³/mol. The lowest BCUT2D eigenvalue weighted by atomic mass is 10.2. The zero-order valence-electron chi connectivity index (χ0n) is 15.1. The molecule has 0 aliphatic rings. The average Bonchev–Trinajstić information content (AvgIpc) is 3.02. The van der Waals surface area contributed by atoms with E-state index in [4.69, 9.17) is 4.74 Å². The Labute approximate surface area is 160 Å². The summed E-state index contributed by atoms with van der Waals surface area (Å²) in [4.78, 5) is 4.24. The molecular formula is C18H18F3N3O3S. The summed E-state index contributed by atoms with van der Waals surface area (Å²) in [7, 11) is -2.43. The fraction of sp³-hybridized carbons (Fsp3) is 0.278. The first kappa shape index (κ1) is 20.2. The van der Waals surface area contributed by atoms with Crippen LogP contribution in [0.25, 0.3) is 5.65 Å². The van der Waals surface area contributed by atoms with E-state index in [0.29, 0.717) is 11.3 Å². The number of ether oxygens (including phenoxy) is 1. The van der Waals surface area contributed by atoms with Crippen molar-refractivity contribution in [3.63, 3.8) is 0 Å². The van der Waals surface area contributed by atoms with E-state index in [1.807, 2.05) is 0 Å². The number of hydrogen-bond donors (Lipinski definition) is 1. The standard InChI is InChI=1S/C18H18F3N3O3S/c1-12-3-5-15(27-2)16(9-12)28(25,26)22-8-7-14-11-24-10-13(18(19,20)21)4-6-17(24)23-14/h3-6,9-11,22H,7-8H2,1-2H3. The van der Waals surface area contributed by atoms with E-state index in [-0.39, 0.29) is 23.6 Å². The third-order valence-corrected chi connectivity index (χ3v) is 5.59. The summed E-state index contributed by atoms with van der Waals surface area (Å²) in [5.41, 5.74) is 0.808. The van der Waals surface area contributed by atoms with Gasteiger partial charge >= 0.3 is 6.18 Å². The van der Waals surface area contributed by atoms with Crippen molar-refractivity contribution in [3.8, 4) is 5.75 Å². The predicted octanol–water partition coefficient (Wildman–Crippen LogP) is 3.19. The third kappa shape index (κ3) is 4.28. The van der Waals surface area contributed by atoms with E-state index in [1.54, 1.807) is 19.1 Å². The van der Waals surface area contributed by atoms with Gasteiger partial charge in [0.2, 0.25) is 10.0 Å². The maximum atomic E-state index is 12.8. The van der Waals surface area contributed by atoms with Gasteiger partial charge in [0.05, 0.1) is 18.4 Å². The van der Waals surface area contributed by atoms with Crippen molar-refractivity contribution in [3.05, 3.63) is 59.5 Å². The molecule has 0 bridgehead atoms. The van der Waals surface area contributed by atoms with Crippen LogP contribution in [0.2, 0.25) is 0 Å². The molecule has 0 saturated carbocycles. The zero-order chi connectivity index (χ0) is 20.5. The Bertz CT molecular complexity index is 1110. The van der Waals surface area contributed by atoms with Gasteiger partial charge in [-0.25, -0.2) is 18.1 Å². The number of fused-ring (bicyclic) bond motifs is 1. The molecule has 1 aromatic carbocycles. The summed E-state index contributed by atoms with van der Waals surface area (Å²) in [5.74, 6) is 0.227. The van der Waals surface area contributed by atoms with Crippen molar-refractivity contribution in [1.82, 2.24) is 14.1 Å². The molecule has 6 nitrogen and oxygen atoms in total. The van der Waals surface area contributed by atoms with Gasteiger partial charge in [-0.05, 0) is 36.8 Å².